The maximum atomic E-state index is 13.3. The van der Waals surface area contributed by atoms with E-state index < -0.39 is 5.97 Å². The number of aromatic nitrogens is 2. The molecule has 0 fully saturated rings. The van der Waals surface area contributed by atoms with E-state index in [1.807, 2.05) is 6.92 Å². The molecule has 180 valence electrons. The third-order valence-electron chi connectivity index (χ3n) is 5.32. The lowest BCUT2D eigenvalue weighted by Gasteiger charge is -2.21. The summed E-state index contributed by atoms with van der Waals surface area (Å²) in [6, 6.07) is 13.7. The van der Waals surface area contributed by atoms with E-state index in [4.69, 9.17) is 9.15 Å². The summed E-state index contributed by atoms with van der Waals surface area (Å²) in [6.07, 6.45) is 1.51. The summed E-state index contributed by atoms with van der Waals surface area (Å²) in [5, 5.41) is 0.616. The molecule has 0 bridgehead atoms. The van der Waals surface area contributed by atoms with E-state index in [1.54, 1.807) is 12.1 Å². The Morgan fingerprint density at radius 1 is 1.17 bits per heavy atom. The summed E-state index contributed by atoms with van der Waals surface area (Å²) in [6.45, 7) is 2.33. The smallest absolute Gasteiger partial charge is 0.337 e. The number of hydrogen-bond acceptors (Lipinski definition) is 7. The standard InChI is InChI=1S/C25H22FN3O5S/c1-3-28(18-9-7-17(26)8-10-18)22(30)15-35-25-27-21-13-16(24(32)33-2)6-11-20(21)23(31)29(25)14-19-5-4-12-34-19/h4-13H,3,14-15H2,1-2H3. The van der Waals surface area contributed by atoms with Crippen LogP contribution in [-0.4, -0.2) is 40.8 Å². The number of halogens is 1. The average molecular weight is 496 g/mol. The van der Waals surface area contributed by atoms with Crippen molar-refractivity contribution in [2.75, 3.05) is 24.3 Å². The van der Waals surface area contributed by atoms with Crippen LogP contribution in [0.1, 0.15) is 23.0 Å². The highest BCUT2D eigenvalue weighted by Gasteiger charge is 2.19. The highest BCUT2D eigenvalue weighted by molar-refractivity contribution is 7.99. The first-order valence-electron chi connectivity index (χ1n) is 10.7. The summed E-state index contributed by atoms with van der Waals surface area (Å²) in [5.74, 6) is -0.630. The van der Waals surface area contributed by atoms with E-state index in [-0.39, 0.29) is 35.1 Å². The monoisotopic (exact) mass is 495 g/mol. The maximum absolute atomic E-state index is 13.3. The molecule has 0 N–H and O–H groups in total. The van der Waals surface area contributed by atoms with Crippen molar-refractivity contribution in [3.8, 4) is 0 Å². The molecule has 0 aliphatic heterocycles. The van der Waals surface area contributed by atoms with Crippen molar-refractivity contribution in [3.63, 3.8) is 0 Å². The van der Waals surface area contributed by atoms with E-state index >= 15 is 0 Å². The van der Waals surface area contributed by atoms with Crippen LogP contribution in [-0.2, 0) is 16.1 Å². The van der Waals surface area contributed by atoms with E-state index in [1.165, 1.54) is 65.3 Å². The number of anilines is 1. The van der Waals surface area contributed by atoms with Gasteiger partial charge in [0.15, 0.2) is 5.16 Å². The Kier molecular flexibility index (Phi) is 7.31. The van der Waals surface area contributed by atoms with Gasteiger partial charge in [-0.15, -0.1) is 0 Å². The number of esters is 1. The Morgan fingerprint density at radius 3 is 2.60 bits per heavy atom. The van der Waals surface area contributed by atoms with Gasteiger partial charge in [-0.2, -0.15) is 0 Å². The van der Waals surface area contributed by atoms with Crippen LogP contribution in [0.4, 0.5) is 10.1 Å². The van der Waals surface area contributed by atoms with Gasteiger partial charge in [-0.25, -0.2) is 14.2 Å². The molecule has 4 rings (SSSR count). The summed E-state index contributed by atoms with van der Waals surface area (Å²) in [4.78, 5) is 44.4. The number of carbonyl (C=O) groups excluding carboxylic acids is 2. The molecule has 0 aliphatic rings. The van der Waals surface area contributed by atoms with Gasteiger partial charge in [0.25, 0.3) is 5.56 Å². The Hall–Kier alpha value is -3.92. The van der Waals surface area contributed by atoms with Crippen molar-refractivity contribution in [1.29, 1.82) is 0 Å². The molecule has 2 aromatic heterocycles. The van der Waals surface area contributed by atoms with Crippen LogP contribution in [0.25, 0.3) is 10.9 Å². The zero-order valence-electron chi connectivity index (χ0n) is 19.1. The number of nitrogens with zero attached hydrogens (tertiary/aromatic N) is 3. The lowest BCUT2D eigenvalue weighted by Crippen LogP contribution is -2.32. The summed E-state index contributed by atoms with van der Waals surface area (Å²) in [7, 11) is 1.27. The highest BCUT2D eigenvalue weighted by Crippen LogP contribution is 2.22. The van der Waals surface area contributed by atoms with Gasteiger partial charge in [0.1, 0.15) is 11.6 Å². The van der Waals surface area contributed by atoms with E-state index in [9.17, 15) is 18.8 Å². The van der Waals surface area contributed by atoms with Crippen molar-refractivity contribution >= 4 is 40.2 Å². The van der Waals surface area contributed by atoms with E-state index in [0.717, 1.165) is 11.8 Å². The second-order valence-electron chi connectivity index (χ2n) is 7.49. The third-order valence-corrected chi connectivity index (χ3v) is 6.28. The fraction of sp³-hybridized carbons (Fsp3) is 0.200. The Morgan fingerprint density at radius 2 is 1.94 bits per heavy atom. The van der Waals surface area contributed by atoms with E-state index in [0.29, 0.717) is 34.1 Å². The lowest BCUT2D eigenvalue weighted by molar-refractivity contribution is -0.116. The molecule has 35 heavy (non-hydrogen) atoms. The largest absolute Gasteiger partial charge is 0.467 e. The van der Waals surface area contributed by atoms with Crippen LogP contribution >= 0.6 is 11.8 Å². The minimum atomic E-state index is -0.546. The number of amides is 1. The Balaban J connectivity index is 1.69. The molecule has 2 heterocycles. The molecular formula is C25H22FN3O5S. The number of benzene rings is 2. The zero-order chi connectivity index (χ0) is 24.9. The highest BCUT2D eigenvalue weighted by atomic mass is 32.2. The predicted molar refractivity (Wildman–Crippen MR) is 130 cm³/mol. The molecule has 2 aromatic carbocycles. The SMILES string of the molecule is CCN(C(=O)CSc1nc2cc(C(=O)OC)ccc2c(=O)n1Cc1ccco1)c1ccc(F)cc1. The van der Waals surface area contributed by atoms with Crippen LogP contribution in [0.15, 0.2) is 75.2 Å². The quantitative estimate of drug-likeness (QED) is 0.206. The fourth-order valence-corrected chi connectivity index (χ4v) is 4.46. The number of methoxy groups -OCH3 is 1. The van der Waals surface area contributed by atoms with Gasteiger partial charge in [-0.1, -0.05) is 11.8 Å². The van der Waals surface area contributed by atoms with Crippen molar-refractivity contribution < 1.29 is 23.1 Å². The molecule has 8 nitrogen and oxygen atoms in total. The minimum absolute atomic E-state index is 0.0159. The Labute approximate surface area is 204 Å². The zero-order valence-corrected chi connectivity index (χ0v) is 19.9. The van der Waals surface area contributed by atoms with E-state index in [2.05, 4.69) is 4.98 Å². The molecule has 0 unspecified atom stereocenters. The number of hydrogen-bond donors (Lipinski definition) is 0. The van der Waals surface area contributed by atoms with Gasteiger partial charge < -0.3 is 14.1 Å². The van der Waals surface area contributed by atoms with Crippen molar-refractivity contribution in [2.24, 2.45) is 0 Å². The molecule has 0 spiro atoms. The summed E-state index contributed by atoms with van der Waals surface area (Å²) in [5.41, 5.74) is 0.816. The van der Waals surface area contributed by atoms with Crippen LogP contribution in [0.5, 0.6) is 0 Å². The fourth-order valence-electron chi connectivity index (χ4n) is 3.58. The molecule has 0 atom stereocenters. The van der Waals surface area contributed by atoms with Gasteiger partial charge in [0.05, 0.1) is 42.1 Å². The predicted octanol–water partition coefficient (Wildman–Crippen LogP) is 4.11. The van der Waals surface area contributed by atoms with Crippen LogP contribution in [0.3, 0.4) is 0 Å². The normalized spacial score (nSPS) is 10.9. The van der Waals surface area contributed by atoms with Crippen molar-refractivity contribution in [1.82, 2.24) is 9.55 Å². The first kappa shape index (κ1) is 24.2. The van der Waals surface area contributed by atoms with Crippen LogP contribution < -0.4 is 10.5 Å². The number of fused-ring (bicyclic) bond motifs is 1. The van der Waals surface area contributed by atoms with Gasteiger partial charge in [0, 0.05) is 12.2 Å². The van der Waals surface area contributed by atoms with Gasteiger partial charge in [0.2, 0.25) is 5.91 Å². The van der Waals surface area contributed by atoms with Crippen LogP contribution in [0, 0.1) is 5.82 Å². The van der Waals surface area contributed by atoms with Crippen molar-refractivity contribution in [2.45, 2.75) is 18.6 Å². The van der Waals surface area contributed by atoms with Gasteiger partial charge in [-0.05, 0) is 61.5 Å². The molecule has 0 radical (unpaired) electrons. The number of ether oxygens (including phenoxy) is 1. The number of rotatable bonds is 8. The average Bonchev–Trinajstić information content (AvgIpc) is 3.38. The van der Waals surface area contributed by atoms with Gasteiger partial charge in [-0.3, -0.25) is 14.2 Å². The molecule has 0 saturated heterocycles. The molecular weight excluding hydrogens is 473 g/mol. The maximum Gasteiger partial charge on any atom is 0.337 e. The molecule has 0 aliphatic carbocycles. The third kappa shape index (κ3) is 5.27. The Bertz CT molecular complexity index is 1420. The first-order chi connectivity index (χ1) is 16.9. The minimum Gasteiger partial charge on any atom is -0.467 e. The topological polar surface area (TPSA) is 94.6 Å². The summed E-state index contributed by atoms with van der Waals surface area (Å²) < 4.78 is 24.9. The first-order valence-corrected chi connectivity index (χ1v) is 11.7. The lowest BCUT2D eigenvalue weighted by atomic mass is 10.1. The number of carbonyl (C=O) groups is 2. The van der Waals surface area contributed by atoms with Gasteiger partial charge >= 0.3 is 5.97 Å². The second kappa shape index (κ2) is 10.6. The molecule has 10 heteroatoms. The second-order valence-corrected chi connectivity index (χ2v) is 8.43. The molecule has 1 amide bonds. The van der Waals surface area contributed by atoms with Crippen LogP contribution in [0.2, 0.25) is 0 Å². The number of furan rings is 1. The molecule has 0 saturated carbocycles. The summed E-state index contributed by atoms with van der Waals surface area (Å²) >= 11 is 1.10. The molecule has 4 aromatic rings. The van der Waals surface area contributed by atoms with Crippen molar-refractivity contribution in [3.05, 3.63) is 88.4 Å². The number of thioether (sulfide) groups is 1.